The van der Waals surface area contributed by atoms with Crippen molar-refractivity contribution in [1.29, 1.82) is 0 Å². The van der Waals surface area contributed by atoms with Gasteiger partial charge in [0.25, 0.3) is 5.70 Å². The third kappa shape index (κ3) is 2.94. The van der Waals surface area contributed by atoms with Crippen LogP contribution in [0.15, 0.2) is 23.6 Å². The lowest BCUT2D eigenvalue weighted by Crippen LogP contribution is -2.31. The Labute approximate surface area is 137 Å². The molecular weight excluding hydrogens is 353 g/mol. The number of rotatable bonds is 2. The predicted octanol–water partition coefficient (Wildman–Crippen LogP) is 2.09. The predicted molar refractivity (Wildman–Crippen MR) is 77.3 cm³/mol. The maximum atomic E-state index is 12.6. The molecule has 3 rings (SSSR count). The van der Waals surface area contributed by atoms with Crippen LogP contribution in [0.2, 0.25) is 0 Å². The molecule has 0 aromatic carbocycles. The van der Waals surface area contributed by atoms with Crippen LogP contribution in [-0.4, -0.2) is 21.4 Å². The Morgan fingerprint density at radius 1 is 1.33 bits per heavy atom. The van der Waals surface area contributed by atoms with E-state index in [2.05, 4.69) is 9.72 Å². The molecule has 0 bridgehead atoms. The zero-order valence-corrected chi connectivity index (χ0v) is 12.5. The topological polar surface area (TPSA) is 85.5 Å². The molecule has 1 heterocycles. The van der Waals surface area contributed by atoms with Crippen molar-refractivity contribution >= 4 is 28.5 Å². The van der Waals surface area contributed by atoms with Gasteiger partial charge in [0.1, 0.15) is 16.6 Å². The Hall–Kier alpha value is -2.55. The van der Waals surface area contributed by atoms with E-state index < -0.39 is 29.2 Å². The summed E-state index contributed by atoms with van der Waals surface area (Å²) < 4.78 is 41.7. The Morgan fingerprint density at radius 3 is 2.67 bits per heavy atom. The van der Waals surface area contributed by atoms with Gasteiger partial charge in [0.2, 0.25) is 0 Å². The van der Waals surface area contributed by atoms with Crippen LogP contribution < -0.4 is 10.6 Å². The van der Waals surface area contributed by atoms with Gasteiger partial charge in [0.15, 0.2) is 0 Å². The monoisotopic (exact) mass is 360 g/mol. The fraction of sp³-hybridized carbons (Fsp3) is 0.214. The van der Waals surface area contributed by atoms with Crippen molar-refractivity contribution in [2.24, 2.45) is 0 Å². The van der Waals surface area contributed by atoms with E-state index in [9.17, 15) is 28.4 Å². The van der Waals surface area contributed by atoms with Gasteiger partial charge < -0.3 is 9.84 Å². The van der Waals surface area contributed by atoms with E-state index in [0.29, 0.717) is 10.9 Å². The van der Waals surface area contributed by atoms with Crippen molar-refractivity contribution in [3.8, 4) is 0 Å². The van der Waals surface area contributed by atoms with Gasteiger partial charge in [-0.2, -0.15) is 0 Å². The molecule has 0 spiro atoms. The zero-order valence-electron chi connectivity index (χ0n) is 11.7. The number of aliphatic hydroxyl groups excluding tert-OH is 1. The van der Waals surface area contributed by atoms with Crippen molar-refractivity contribution < 1.29 is 27.9 Å². The van der Waals surface area contributed by atoms with Gasteiger partial charge >= 0.3 is 6.36 Å². The average Bonchev–Trinajstić information content (AvgIpc) is 2.49. The molecule has 0 unspecified atom stereocenters. The Morgan fingerprint density at radius 2 is 2.04 bits per heavy atom. The van der Waals surface area contributed by atoms with E-state index in [1.807, 2.05) is 0 Å². The van der Waals surface area contributed by atoms with Gasteiger partial charge in [0, 0.05) is 11.3 Å². The van der Waals surface area contributed by atoms with Gasteiger partial charge in [0.05, 0.1) is 28.8 Å². The molecule has 1 aromatic heterocycles. The molecule has 0 radical (unpaired) electrons. The maximum absolute atomic E-state index is 12.6. The highest BCUT2D eigenvalue weighted by atomic mass is 35.5. The fourth-order valence-corrected chi connectivity index (χ4v) is 2.69. The van der Waals surface area contributed by atoms with Crippen molar-refractivity contribution in [1.82, 2.24) is 4.98 Å². The van der Waals surface area contributed by atoms with Crippen LogP contribution >= 0.6 is 11.6 Å². The molecule has 1 N–H and O–H groups in total. The second-order valence-electron chi connectivity index (χ2n) is 5.10. The van der Waals surface area contributed by atoms with Gasteiger partial charge in [-0.1, -0.05) is 11.6 Å². The molecular formula is C14H8ClF3N2O4. The Bertz CT molecular complexity index is 935. The number of halogens is 4. The molecule has 0 amide bonds. The van der Waals surface area contributed by atoms with Crippen molar-refractivity contribution in [2.75, 3.05) is 0 Å². The quantitative estimate of drug-likeness (QED) is 0.645. The highest BCUT2D eigenvalue weighted by Crippen LogP contribution is 2.31. The third-order valence-corrected chi connectivity index (χ3v) is 3.90. The normalized spacial score (nSPS) is 16.8. The number of aromatic nitrogens is 1. The van der Waals surface area contributed by atoms with Gasteiger partial charge in [-0.15, -0.1) is 13.2 Å². The summed E-state index contributed by atoms with van der Waals surface area (Å²) >= 11 is 5.94. The first-order valence-corrected chi connectivity index (χ1v) is 6.95. The minimum absolute atomic E-state index is 0.0492. The summed E-state index contributed by atoms with van der Waals surface area (Å²) in [6, 6.07) is 1.32. The number of nitrogens with zero attached hydrogens (tertiary/aromatic N) is 2. The van der Waals surface area contributed by atoms with Crippen LogP contribution in [0.1, 0.15) is 17.7 Å². The first kappa shape index (κ1) is 16.3. The van der Waals surface area contributed by atoms with Crippen molar-refractivity contribution in [2.45, 2.75) is 19.2 Å². The molecule has 126 valence electrons. The number of pyridine rings is 1. The highest BCUT2D eigenvalue weighted by molar-refractivity contribution is 6.49. The van der Waals surface area contributed by atoms with Crippen LogP contribution in [0.25, 0.3) is 16.9 Å². The van der Waals surface area contributed by atoms with E-state index in [4.69, 9.17) is 11.6 Å². The lowest BCUT2D eigenvalue weighted by atomic mass is 10.0. The average molecular weight is 361 g/mol. The number of hydrogen-bond donors (Lipinski definition) is 1. The number of allylic oxidation sites excluding steroid dienone is 2. The van der Waals surface area contributed by atoms with Gasteiger partial charge in [-0.3, -0.25) is 10.1 Å². The van der Waals surface area contributed by atoms with Crippen LogP contribution in [0.5, 0.6) is 0 Å². The first-order chi connectivity index (χ1) is 11.2. The molecule has 0 saturated carbocycles. The summed E-state index contributed by atoms with van der Waals surface area (Å²) in [4.78, 5) is 14.4. The molecule has 0 atom stereocenters. The summed E-state index contributed by atoms with van der Waals surface area (Å²) in [5.41, 5.74) is 0.201. The standard InChI is InChI=1S/C14H8ClF3N2O4/c15-12-10(21)5-11(24-14(16,17)18)8-4-6-3-7(20(22)23)1-2-9(6)19-13(8)12/h1-2,4,21H,3,5H2. The molecule has 2 aliphatic carbocycles. The second kappa shape index (κ2) is 5.52. The fourth-order valence-electron chi connectivity index (χ4n) is 2.48. The maximum Gasteiger partial charge on any atom is 0.572 e. The molecule has 1 aromatic rings. The molecule has 0 saturated heterocycles. The van der Waals surface area contributed by atoms with Crippen LogP contribution in [0.3, 0.4) is 0 Å². The molecule has 0 fully saturated rings. The van der Waals surface area contributed by atoms with E-state index in [1.165, 1.54) is 18.2 Å². The molecule has 6 nitrogen and oxygen atoms in total. The minimum Gasteiger partial charge on any atom is -0.510 e. The highest BCUT2D eigenvalue weighted by Gasteiger charge is 2.35. The Kier molecular flexibility index (Phi) is 3.75. The lowest BCUT2D eigenvalue weighted by Gasteiger charge is -2.19. The summed E-state index contributed by atoms with van der Waals surface area (Å²) in [7, 11) is 0. The van der Waals surface area contributed by atoms with Crippen molar-refractivity contribution in [3.05, 3.63) is 55.5 Å². The van der Waals surface area contributed by atoms with E-state index in [0.717, 1.165) is 0 Å². The SMILES string of the molecule is O=[N+]([O-])C1=CC=c2nc3c(cc2C1)=C(OC(F)(F)F)CC(O)=C3Cl. The largest absolute Gasteiger partial charge is 0.572 e. The number of alkyl halides is 3. The summed E-state index contributed by atoms with van der Waals surface area (Å²) in [5, 5.41) is 20.7. The van der Waals surface area contributed by atoms with Gasteiger partial charge in [-0.05, 0) is 17.7 Å². The lowest BCUT2D eigenvalue weighted by molar-refractivity contribution is -0.427. The minimum atomic E-state index is -4.95. The van der Waals surface area contributed by atoms with Gasteiger partial charge in [-0.25, -0.2) is 4.98 Å². The van der Waals surface area contributed by atoms with Crippen LogP contribution in [0, 0.1) is 10.1 Å². The zero-order chi connectivity index (χ0) is 17.6. The number of fused-ring (bicyclic) bond motifs is 2. The summed E-state index contributed by atoms with van der Waals surface area (Å²) in [6.45, 7) is 0. The van der Waals surface area contributed by atoms with E-state index in [1.54, 1.807) is 0 Å². The second-order valence-corrected chi connectivity index (χ2v) is 5.47. The number of nitro groups is 1. The summed E-state index contributed by atoms with van der Waals surface area (Å²) in [5.74, 6) is -1.06. The summed E-state index contributed by atoms with van der Waals surface area (Å²) in [6.07, 6.45) is -2.96. The number of hydrogen-bond acceptors (Lipinski definition) is 5. The third-order valence-electron chi connectivity index (χ3n) is 3.50. The van der Waals surface area contributed by atoms with Crippen molar-refractivity contribution in [3.63, 3.8) is 0 Å². The number of ether oxygens (including phenoxy) is 1. The number of aliphatic hydroxyl groups is 1. The Balaban J connectivity index is 2.24. The van der Waals surface area contributed by atoms with E-state index >= 15 is 0 Å². The molecule has 0 aliphatic heterocycles. The smallest absolute Gasteiger partial charge is 0.510 e. The molecule has 2 aliphatic rings. The van der Waals surface area contributed by atoms with E-state index in [-0.39, 0.29) is 28.1 Å². The molecule has 10 heteroatoms. The van der Waals surface area contributed by atoms with Crippen LogP contribution in [0.4, 0.5) is 13.2 Å². The van der Waals surface area contributed by atoms with Crippen LogP contribution in [-0.2, 0) is 11.2 Å². The molecule has 24 heavy (non-hydrogen) atoms. The first-order valence-electron chi connectivity index (χ1n) is 6.58.